The molecule has 158 valence electrons. The molecule has 1 aliphatic rings. The third-order valence-electron chi connectivity index (χ3n) is 5.06. The van der Waals surface area contributed by atoms with E-state index >= 15 is 0 Å². The number of carbonyl (C=O) groups is 1. The molecule has 0 radical (unpaired) electrons. The van der Waals surface area contributed by atoms with Crippen molar-refractivity contribution in [2.24, 2.45) is 0 Å². The number of morpholine rings is 1. The van der Waals surface area contributed by atoms with Crippen molar-refractivity contribution < 1.29 is 22.7 Å². The standard InChI is InChI=1S/C21H23N3O5S/c1-2-24-19-9-8-17(30(26,27)23-10-12-28-13-11-23)14-18(19)22-20(24)15-29-21(25)16-6-4-3-5-7-16/h3-9,14H,2,10-13,15H2,1H3. The Morgan fingerprint density at radius 1 is 1.13 bits per heavy atom. The summed E-state index contributed by atoms with van der Waals surface area (Å²) in [7, 11) is -3.61. The van der Waals surface area contributed by atoms with Gasteiger partial charge in [0.25, 0.3) is 0 Å². The van der Waals surface area contributed by atoms with Gasteiger partial charge in [-0.05, 0) is 37.3 Å². The molecule has 1 fully saturated rings. The van der Waals surface area contributed by atoms with Gasteiger partial charge < -0.3 is 14.0 Å². The van der Waals surface area contributed by atoms with E-state index < -0.39 is 16.0 Å². The lowest BCUT2D eigenvalue weighted by Gasteiger charge is -2.26. The normalized spacial score (nSPS) is 15.4. The van der Waals surface area contributed by atoms with Crippen molar-refractivity contribution >= 4 is 27.0 Å². The van der Waals surface area contributed by atoms with E-state index in [1.54, 1.807) is 42.5 Å². The molecule has 3 aromatic rings. The molecule has 8 nitrogen and oxygen atoms in total. The number of imidazole rings is 1. The minimum absolute atomic E-state index is 0.00178. The van der Waals surface area contributed by atoms with Crippen LogP contribution in [0.4, 0.5) is 0 Å². The molecule has 2 aromatic carbocycles. The average molecular weight is 429 g/mol. The van der Waals surface area contributed by atoms with Crippen LogP contribution in [0.25, 0.3) is 11.0 Å². The van der Waals surface area contributed by atoms with E-state index in [1.165, 1.54) is 4.31 Å². The van der Waals surface area contributed by atoms with Crippen molar-refractivity contribution in [2.45, 2.75) is 25.0 Å². The third-order valence-corrected chi connectivity index (χ3v) is 6.96. The summed E-state index contributed by atoms with van der Waals surface area (Å²) in [5.74, 6) is 0.138. The zero-order valence-electron chi connectivity index (χ0n) is 16.7. The highest BCUT2D eigenvalue weighted by atomic mass is 32.2. The fourth-order valence-electron chi connectivity index (χ4n) is 3.51. The van der Waals surface area contributed by atoms with Gasteiger partial charge in [0.05, 0.1) is 34.7 Å². The van der Waals surface area contributed by atoms with Crippen LogP contribution >= 0.6 is 0 Å². The Balaban J connectivity index is 1.60. The minimum Gasteiger partial charge on any atom is -0.454 e. The molecule has 1 aliphatic heterocycles. The van der Waals surface area contributed by atoms with Gasteiger partial charge in [0.15, 0.2) is 0 Å². The Hall–Kier alpha value is -2.75. The van der Waals surface area contributed by atoms with Gasteiger partial charge in [0.2, 0.25) is 10.0 Å². The van der Waals surface area contributed by atoms with Crippen LogP contribution < -0.4 is 0 Å². The lowest BCUT2D eigenvalue weighted by atomic mass is 10.2. The zero-order valence-corrected chi connectivity index (χ0v) is 17.5. The molecule has 0 amide bonds. The van der Waals surface area contributed by atoms with Crippen LogP contribution in [0.1, 0.15) is 23.1 Å². The van der Waals surface area contributed by atoms with Gasteiger partial charge in [-0.3, -0.25) is 0 Å². The Bertz CT molecular complexity index is 1150. The average Bonchev–Trinajstić information content (AvgIpc) is 3.15. The number of benzene rings is 2. The van der Waals surface area contributed by atoms with E-state index in [-0.39, 0.29) is 11.5 Å². The maximum atomic E-state index is 12.9. The molecule has 4 rings (SSSR count). The van der Waals surface area contributed by atoms with Crippen LogP contribution in [-0.4, -0.2) is 54.5 Å². The summed E-state index contributed by atoms with van der Waals surface area (Å²) in [4.78, 5) is 17.0. The molecular formula is C21H23N3O5S. The predicted molar refractivity (Wildman–Crippen MR) is 111 cm³/mol. The molecule has 1 saturated heterocycles. The van der Waals surface area contributed by atoms with Crippen LogP contribution in [0, 0.1) is 0 Å². The number of esters is 1. The van der Waals surface area contributed by atoms with Crippen molar-refractivity contribution in [2.75, 3.05) is 26.3 Å². The van der Waals surface area contributed by atoms with Crippen LogP contribution in [0.2, 0.25) is 0 Å². The SMILES string of the molecule is CCn1c(COC(=O)c2ccccc2)nc2cc(S(=O)(=O)N3CCOCC3)ccc21. The smallest absolute Gasteiger partial charge is 0.338 e. The summed E-state index contributed by atoms with van der Waals surface area (Å²) in [6.45, 7) is 4.04. The van der Waals surface area contributed by atoms with Crippen LogP contribution in [0.15, 0.2) is 53.4 Å². The molecule has 30 heavy (non-hydrogen) atoms. The largest absolute Gasteiger partial charge is 0.454 e. The lowest BCUT2D eigenvalue weighted by molar-refractivity contribution is 0.0458. The second kappa shape index (κ2) is 8.55. The molecule has 1 aromatic heterocycles. The maximum Gasteiger partial charge on any atom is 0.338 e. The number of hydrogen-bond acceptors (Lipinski definition) is 6. The fraction of sp³-hybridized carbons (Fsp3) is 0.333. The van der Waals surface area contributed by atoms with Crippen molar-refractivity contribution in [3.05, 3.63) is 59.9 Å². The number of sulfonamides is 1. The van der Waals surface area contributed by atoms with Gasteiger partial charge in [0.1, 0.15) is 12.4 Å². The lowest BCUT2D eigenvalue weighted by Crippen LogP contribution is -2.40. The highest BCUT2D eigenvalue weighted by Crippen LogP contribution is 2.24. The number of aryl methyl sites for hydroxylation is 1. The van der Waals surface area contributed by atoms with Crippen molar-refractivity contribution in [1.82, 2.24) is 13.9 Å². The van der Waals surface area contributed by atoms with Crippen molar-refractivity contribution in [3.8, 4) is 0 Å². The second-order valence-corrected chi connectivity index (χ2v) is 8.82. The quantitative estimate of drug-likeness (QED) is 0.559. The van der Waals surface area contributed by atoms with Crippen molar-refractivity contribution in [3.63, 3.8) is 0 Å². The van der Waals surface area contributed by atoms with Gasteiger partial charge in [-0.15, -0.1) is 0 Å². The summed E-state index contributed by atoms with van der Waals surface area (Å²) >= 11 is 0. The summed E-state index contributed by atoms with van der Waals surface area (Å²) < 4.78 is 39.9. The van der Waals surface area contributed by atoms with Crippen molar-refractivity contribution in [1.29, 1.82) is 0 Å². The number of carbonyl (C=O) groups excluding carboxylic acids is 1. The van der Waals surface area contributed by atoms with Gasteiger partial charge >= 0.3 is 5.97 Å². The first-order valence-electron chi connectivity index (χ1n) is 9.80. The van der Waals surface area contributed by atoms with Gasteiger partial charge in [0, 0.05) is 19.6 Å². The molecular weight excluding hydrogens is 406 g/mol. The molecule has 0 saturated carbocycles. The second-order valence-electron chi connectivity index (χ2n) is 6.88. The third kappa shape index (κ3) is 3.96. The van der Waals surface area contributed by atoms with E-state index in [4.69, 9.17) is 9.47 Å². The van der Waals surface area contributed by atoms with E-state index in [0.29, 0.717) is 49.8 Å². The molecule has 0 spiro atoms. The molecule has 0 N–H and O–H groups in total. The number of fused-ring (bicyclic) bond motifs is 1. The van der Waals surface area contributed by atoms with E-state index in [9.17, 15) is 13.2 Å². The van der Waals surface area contributed by atoms with Gasteiger partial charge in [-0.2, -0.15) is 4.31 Å². The summed E-state index contributed by atoms with van der Waals surface area (Å²) in [6.07, 6.45) is 0. The van der Waals surface area contributed by atoms with Crippen LogP contribution in [0.3, 0.4) is 0 Å². The minimum atomic E-state index is -3.61. The summed E-state index contributed by atoms with van der Waals surface area (Å²) in [5, 5.41) is 0. The Labute approximate surface area is 175 Å². The molecule has 0 unspecified atom stereocenters. The molecule has 0 atom stereocenters. The predicted octanol–water partition coefficient (Wildman–Crippen LogP) is 2.43. The topological polar surface area (TPSA) is 90.7 Å². The molecule has 2 heterocycles. The monoisotopic (exact) mass is 429 g/mol. The fourth-order valence-corrected chi connectivity index (χ4v) is 4.94. The summed E-state index contributed by atoms with van der Waals surface area (Å²) in [5.41, 5.74) is 1.82. The Morgan fingerprint density at radius 3 is 2.57 bits per heavy atom. The van der Waals surface area contributed by atoms with Gasteiger partial charge in [-0.25, -0.2) is 18.2 Å². The number of aromatic nitrogens is 2. The molecule has 0 aliphatic carbocycles. The first-order chi connectivity index (χ1) is 14.5. The molecule has 0 bridgehead atoms. The number of hydrogen-bond donors (Lipinski definition) is 0. The van der Waals surface area contributed by atoms with Gasteiger partial charge in [-0.1, -0.05) is 18.2 Å². The van der Waals surface area contributed by atoms with Crippen LogP contribution in [-0.2, 0) is 32.6 Å². The Morgan fingerprint density at radius 2 is 1.87 bits per heavy atom. The summed E-state index contributed by atoms with van der Waals surface area (Å²) in [6, 6.07) is 13.7. The van der Waals surface area contributed by atoms with E-state index in [1.807, 2.05) is 17.6 Å². The highest BCUT2D eigenvalue weighted by molar-refractivity contribution is 7.89. The van der Waals surface area contributed by atoms with E-state index in [2.05, 4.69) is 4.98 Å². The first-order valence-corrected chi connectivity index (χ1v) is 11.2. The number of rotatable bonds is 6. The maximum absolute atomic E-state index is 12.9. The number of ether oxygens (including phenoxy) is 2. The number of nitrogens with zero attached hydrogens (tertiary/aromatic N) is 3. The Kier molecular flexibility index (Phi) is 5.85. The van der Waals surface area contributed by atoms with Crippen LogP contribution in [0.5, 0.6) is 0 Å². The first kappa shape index (κ1) is 20.5. The highest BCUT2D eigenvalue weighted by Gasteiger charge is 2.27. The van der Waals surface area contributed by atoms with E-state index in [0.717, 1.165) is 5.52 Å². The molecule has 9 heteroatoms. The zero-order chi connectivity index (χ0) is 21.1.